The van der Waals surface area contributed by atoms with Crippen LogP contribution < -0.4 is 0 Å². The zero-order chi connectivity index (χ0) is 14.9. The van der Waals surface area contributed by atoms with E-state index >= 15 is 0 Å². The van der Waals surface area contributed by atoms with Gasteiger partial charge in [-0.2, -0.15) is 13.2 Å². The summed E-state index contributed by atoms with van der Waals surface area (Å²) in [6, 6.07) is 9.55. The SMILES string of the molecule is CC(C)c1ccc(-c2ccccc2F)c(C(F)(F)F)c1. The van der Waals surface area contributed by atoms with Crippen LogP contribution in [0, 0.1) is 5.82 Å². The van der Waals surface area contributed by atoms with Gasteiger partial charge in [0.05, 0.1) is 5.56 Å². The third kappa shape index (κ3) is 2.84. The molecule has 0 amide bonds. The van der Waals surface area contributed by atoms with Crippen LogP contribution in [0.3, 0.4) is 0 Å². The molecule has 0 aliphatic heterocycles. The van der Waals surface area contributed by atoms with Gasteiger partial charge in [0.15, 0.2) is 0 Å². The van der Waals surface area contributed by atoms with Crippen LogP contribution in [0.4, 0.5) is 17.6 Å². The monoisotopic (exact) mass is 282 g/mol. The van der Waals surface area contributed by atoms with Crippen molar-refractivity contribution in [3.8, 4) is 11.1 Å². The quantitative estimate of drug-likeness (QED) is 0.626. The van der Waals surface area contributed by atoms with Gasteiger partial charge in [0.25, 0.3) is 0 Å². The summed E-state index contributed by atoms with van der Waals surface area (Å²) in [7, 11) is 0. The Labute approximate surface area is 115 Å². The Kier molecular flexibility index (Phi) is 3.84. The molecule has 0 saturated heterocycles. The molecule has 0 fully saturated rings. The molecule has 0 aromatic heterocycles. The second-order valence-corrected chi connectivity index (χ2v) is 4.94. The molecular formula is C16H14F4. The van der Waals surface area contributed by atoms with Gasteiger partial charge in [-0.15, -0.1) is 0 Å². The molecule has 0 nitrogen and oxygen atoms in total. The fourth-order valence-electron chi connectivity index (χ4n) is 2.07. The number of halogens is 4. The second kappa shape index (κ2) is 5.27. The van der Waals surface area contributed by atoms with Crippen LogP contribution in [-0.4, -0.2) is 0 Å². The molecule has 0 unspecified atom stereocenters. The van der Waals surface area contributed by atoms with Crippen LogP contribution in [0.1, 0.15) is 30.9 Å². The highest BCUT2D eigenvalue weighted by molar-refractivity contribution is 5.69. The first kappa shape index (κ1) is 14.6. The fraction of sp³-hybridized carbons (Fsp3) is 0.250. The Balaban J connectivity index is 2.68. The van der Waals surface area contributed by atoms with Crippen molar-refractivity contribution in [1.29, 1.82) is 0 Å². The van der Waals surface area contributed by atoms with Crippen LogP contribution in [-0.2, 0) is 6.18 Å². The lowest BCUT2D eigenvalue weighted by Crippen LogP contribution is -2.09. The molecule has 4 heteroatoms. The minimum atomic E-state index is -4.51. The number of benzene rings is 2. The Morgan fingerprint density at radius 1 is 0.900 bits per heavy atom. The molecule has 0 heterocycles. The maximum Gasteiger partial charge on any atom is 0.417 e. The molecule has 106 valence electrons. The second-order valence-electron chi connectivity index (χ2n) is 4.94. The Morgan fingerprint density at radius 3 is 2.10 bits per heavy atom. The molecule has 0 spiro atoms. The van der Waals surface area contributed by atoms with E-state index in [1.807, 2.05) is 13.8 Å². The van der Waals surface area contributed by atoms with Crippen LogP contribution in [0.2, 0.25) is 0 Å². The minimum absolute atomic E-state index is 0.0224. The Morgan fingerprint density at radius 2 is 1.55 bits per heavy atom. The predicted molar refractivity (Wildman–Crippen MR) is 70.9 cm³/mol. The average molecular weight is 282 g/mol. The zero-order valence-corrected chi connectivity index (χ0v) is 11.1. The number of hydrogen-bond donors (Lipinski definition) is 0. The molecule has 0 saturated carbocycles. The summed E-state index contributed by atoms with van der Waals surface area (Å²) in [5.41, 5.74) is -0.374. The molecule has 2 aromatic rings. The van der Waals surface area contributed by atoms with Gasteiger partial charge in [-0.05, 0) is 29.2 Å². The number of rotatable bonds is 2. The van der Waals surface area contributed by atoms with Gasteiger partial charge in [0.2, 0.25) is 0 Å². The molecule has 2 aromatic carbocycles. The lowest BCUT2D eigenvalue weighted by atomic mass is 9.93. The van der Waals surface area contributed by atoms with Gasteiger partial charge >= 0.3 is 6.18 Å². The third-order valence-corrected chi connectivity index (χ3v) is 3.18. The maximum atomic E-state index is 13.7. The van der Waals surface area contributed by atoms with Crippen molar-refractivity contribution >= 4 is 0 Å². The summed E-state index contributed by atoms with van der Waals surface area (Å²) in [4.78, 5) is 0. The lowest BCUT2D eigenvalue weighted by molar-refractivity contribution is -0.137. The van der Waals surface area contributed by atoms with Crippen molar-refractivity contribution in [3.05, 3.63) is 59.4 Å². The molecule has 0 bridgehead atoms. The highest BCUT2D eigenvalue weighted by atomic mass is 19.4. The van der Waals surface area contributed by atoms with Gasteiger partial charge < -0.3 is 0 Å². The molecule has 0 aliphatic rings. The van der Waals surface area contributed by atoms with Crippen LogP contribution >= 0.6 is 0 Å². The van der Waals surface area contributed by atoms with E-state index in [2.05, 4.69) is 0 Å². The molecule has 0 atom stereocenters. The van der Waals surface area contributed by atoms with Crippen molar-refractivity contribution in [3.63, 3.8) is 0 Å². The smallest absolute Gasteiger partial charge is 0.206 e. The fourth-order valence-corrected chi connectivity index (χ4v) is 2.07. The van der Waals surface area contributed by atoms with E-state index in [4.69, 9.17) is 0 Å². The van der Waals surface area contributed by atoms with Crippen molar-refractivity contribution in [2.45, 2.75) is 25.9 Å². The average Bonchev–Trinajstić information content (AvgIpc) is 2.37. The molecule has 0 aliphatic carbocycles. The standard InChI is InChI=1S/C16H14F4/c1-10(2)11-7-8-12(14(9-11)16(18,19)20)13-5-3-4-6-15(13)17/h3-10H,1-2H3. The number of hydrogen-bond acceptors (Lipinski definition) is 0. The van der Waals surface area contributed by atoms with Crippen molar-refractivity contribution in [2.24, 2.45) is 0 Å². The summed E-state index contributed by atoms with van der Waals surface area (Å²) in [6.45, 7) is 3.64. The predicted octanol–water partition coefficient (Wildman–Crippen LogP) is 5.63. The van der Waals surface area contributed by atoms with Gasteiger partial charge in [-0.1, -0.05) is 44.2 Å². The normalized spacial score (nSPS) is 11.9. The van der Waals surface area contributed by atoms with Crippen molar-refractivity contribution < 1.29 is 17.6 Å². The van der Waals surface area contributed by atoms with Gasteiger partial charge in [-0.25, -0.2) is 4.39 Å². The molecule has 0 N–H and O–H groups in total. The van der Waals surface area contributed by atoms with E-state index < -0.39 is 17.6 Å². The highest BCUT2D eigenvalue weighted by Gasteiger charge is 2.34. The van der Waals surface area contributed by atoms with Gasteiger partial charge in [0, 0.05) is 5.56 Å². The van der Waals surface area contributed by atoms with Crippen molar-refractivity contribution in [1.82, 2.24) is 0 Å². The van der Waals surface area contributed by atoms with E-state index in [0.29, 0.717) is 5.56 Å². The topological polar surface area (TPSA) is 0 Å². The van der Waals surface area contributed by atoms with Crippen LogP contribution in [0.15, 0.2) is 42.5 Å². The highest BCUT2D eigenvalue weighted by Crippen LogP contribution is 2.39. The van der Waals surface area contributed by atoms with Gasteiger partial charge in [0.1, 0.15) is 5.82 Å². The Bertz CT molecular complexity index is 612. The van der Waals surface area contributed by atoms with Crippen LogP contribution in [0.5, 0.6) is 0 Å². The molecular weight excluding hydrogens is 268 g/mol. The first-order chi connectivity index (χ1) is 9.30. The van der Waals surface area contributed by atoms with Gasteiger partial charge in [-0.3, -0.25) is 0 Å². The third-order valence-electron chi connectivity index (χ3n) is 3.18. The molecule has 2 rings (SSSR count). The summed E-state index contributed by atoms with van der Waals surface area (Å²) < 4.78 is 53.3. The van der Waals surface area contributed by atoms with E-state index in [0.717, 1.165) is 12.1 Å². The maximum absolute atomic E-state index is 13.7. The number of alkyl halides is 3. The summed E-state index contributed by atoms with van der Waals surface area (Å²) in [6.07, 6.45) is -4.51. The zero-order valence-electron chi connectivity index (χ0n) is 11.1. The first-order valence-electron chi connectivity index (χ1n) is 6.26. The van der Waals surface area contributed by atoms with E-state index in [-0.39, 0.29) is 17.0 Å². The van der Waals surface area contributed by atoms with Crippen molar-refractivity contribution in [2.75, 3.05) is 0 Å². The largest absolute Gasteiger partial charge is 0.417 e. The lowest BCUT2D eigenvalue weighted by Gasteiger charge is -2.16. The summed E-state index contributed by atoms with van der Waals surface area (Å²) in [5, 5.41) is 0. The minimum Gasteiger partial charge on any atom is -0.206 e. The van der Waals surface area contributed by atoms with Crippen LogP contribution in [0.25, 0.3) is 11.1 Å². The summed E-state index contributed by atoms with van der Waals surface area (Å²) >= 11 is 0. The van der Waals surface area contributed by atoms with E-state index in [1.165, 1.54) is 24.3 Å². The Hall–Kier alpha value is -1.84. The molecule has 20 heavy (non-hydrogen) atoms. The summed E-state index contributed by atoms with van der Waals surface area (Å²) in [5.74, 6) is -0.680. The molecule has 0 radical (unpaired) electrons. The first-order valence-corrected chi connectivity index (χ1v) is 6.26. The van der Waals surface area contributed by atoms with E-state index in [9.17, 15) is 17.6 Å². The van der Waals surface area contributed by atoms with E-state index in [1.54, 1.807) is 6.07 Å².